The van der Waals surface area contributed by atoms with Crippen molar-refractivity contribution in [2.75, 3.05) is 52.3 Å². The summed E-state index contributed by atoms with van der Waals surface area (Å²) < 4.78 is 14.6. The van der Waals surface area contributed by atoms with Crippen LogP contribution in [0.2, 0.25) is 0 Å². The third-order valence-corrected chi connectivity index (χ3v) is 25.1. The van der Waals surface area contributed by atoms with Crippen LogP contribution in [0.1, 0.15) is 147 Å². The Kier molecular flexibility index (Phi) is 40.1. The number of amides is 14. The Hall–Kier alpha value is -12.8. The fourth-order valence-corrected chi connectivity index (χ4v) is 17.1. The van der Waals surface area contributed by atoms with E-state index in [9.17, 15) is 67.7 Å². The molecule has 8 rings (SSSR count). The largest absolute Gasteiger partial charge is 0.508 e. The van der Waals surface area contributed by atoms with Crippen molar-refractivity contribution < 1.29 is 96.4 Å². The number of thioether (sulfide) groups is 1. The number of nitrogens with zero attached hydrogens (tertiary/aromatic N) is 5. The summed E-state index contributed by atoms with van der Waals surface area (Å²) in [4.78, 5) is 238. The van der Waals surface area contributed by atoms with E-state index >= 15 is 28.8 Å². The van der Waals surface area contributed by atoms with Crippen LogP contribution in [-0.2, 0) is 109 Å². The summed E-state index contributed by atoms with van der Waals surface area (Å²) in [5.74, 6) is -15.7. The van der Waals surface area contributed by atoms with E-state index in [2.05, 4.69) is 47.5 Å². The third-order valence-electron chi connectivity index (χ3n) is 24.1. The zero-order chi connectivity index (χ0) is 96.7. The summed E-state index contributed by atoms with van der Waals surface area (Å²) in [6.07, 6.45) is 3.69. The summed E-state index contributed by atoms with van der Waals surface area (Å²) in [6, 6.07) is 15.4. The number of halogens is 1. The highest BCUT2D eigenvalue weighted by Gasteiger charge is 2.45. The molecule has 0 radical (unpaired) electrons. The Morgan fingerprint density at radius 2 is 1.07 bits per heavy atom. The number of carbonyl (C=O) groups excluding carboxylic acids is 15. The minimum atomic E-state index is -1.75. The number of carboxylic acids is 1. The minimum absolute atomic E-state index is 0.00123. The zero-order valence-electron chi connectivity index (χ0n) is 76.4. The van der Waals surface area contributed by atoms with Gasteiger partial charge in [0.1, 0.15) is 90.1 Å². The van der Waals surface area contributed by atoms with Crippen molar-refractivity contribution in [2.45, 2.75) is 230 Å². The molecule has 0 aliphatic carbocycles. The number of phenols is 2. The number of aliphatic carboxylic acids is 1. The number of unbranched alkanes of at least 4 members (excludes halogenated alkanes) is 1. The summed E-state index contributed by atoms with van der Waals surface area (Å²) in [7, 11) is 4.12. The van der Waals surface area contributed by atoms with Gasteiger partial charge in [0.25, 0.3) is 0 Å². The second-order valence-corrected chi connectivity index (χ2v) is 35.8. The lowest BCUT2D eigenvalue weighted by atomic mass is 9.97. The van der Waals surface area contributed by atoms with Gasteiger partial charge in [-0.25, -0.2) is 4.39 Å². The number of likely N-dealkylation sites (N-methyl/N-ethyl adjacent to an activating group) is 3. The first kappa shape index (κ1) is 105. The molecular weight excluding hydrogens is 1720 g/mol. The van der Waals surface area contributed by atoms with Gasteiger partial charge in [0.2, 0.25) is 82.7 Å². The lowest BCUT2D eigenvalue weighted by molar-refractivity contribution is -0.152. The van der Waals surface area contributed by atoms with Crippen molar-refractivity contribution in [3.8, 4) is 11.5 Å². The van der Waals surface area contributed by atoms with Gasteiger partial charge in [-0.3, -0.25) is 71.9 Å². The van der Waals surface area contributed by atoms with E-state index in [1.165, 1.54) is 89.3 Å². The highest BCUT2D eigenvalue weighted by molar-refractivity contribution is 8.00. The molecule has 3 heterocycles. The molecule has 14 amide bonds. The molecule has 6 aromatic rings. The number of hydrogen-bond acceptors (Lipinski definition) is 20. The number of carboxylic acid groups (broad SMARTS) is 1. The lowest BCUT2D eigenvalue weighted by Crippen LogP contribution is -2.61. The van der Waals surface area contributed by atoms with Crippen LogP contribution in [0.5, 0.6) is 11.5 Å². The predicted octanol–water partition coefficient (Wildman–Crippen LogP) is 3.75. The molecular formula is C95H127FN16O19S. The molecule has 714 valence electrons. The predicted molar refractivity (Wildman–Crippen MR) is 492 cm³/mol. The minimum Gasteiger partial charge on any atom is -0.508 e. The highest BCUT2D eigenvalue weighted by Crippen LogP contribution is 2.28. The molecule has 35 nitrogen and oxygen atoms in total. The Labute approximate surface area is 772 Å². The van der Waals surface area contributed by atoms with Crippen LogP contribution in [-0.4, -0.2) is 271 Å². The summed E-state index contributed by atoms with van der Waals surface area (Å²) in [5, 5.41) is 52.5. The number of aromatic amines is 1. The number of H-pyrrole nitrogens is 1. The zero-order valence-corrected chi connectivity index (χ0v) is 77.2. The van der Waals surface area contributed by atoms with Crippen LogP contribution in [0, 0.1) is 23.6 Å². The van der Waals surface area contributed by atoms with E-state index in [-0.39, 0.29) is 101 Å². The molecule has 37 heteroatoms. The van der Waals surface area contributed by atoms with Crippen molar-refractivity contribution >= 4 is 118 Å². The number of likely N-dealkylation sites (tertiary alicyclic amines) is 2. The smallest absolute Gasteiger partial charge is 0.305 e. The number of nitrogens with one attached hydrogen (secondary N) is 9. The molecule has 5 aromatic carbocycles. The average Bonchev–Trinajstić information content (AvgIpc) is 1.40. The number of piperidine rings is 1. The van der Waals surface area contributed by atoms with Gasteiger partial charge in [-0.2, -0.15) is 0 Å². The van der Waals surface area contributed by atoms with Gasteiger partial charge in [0.05, 0.1) is 30.8 Å². The highest BCUT2D eigenvalue weighted by atomic mass is 32.2. The Morgan fingerprint density at radius 3 is 1.66 bits per heavy atom. The van der Waals surface area contributed by atoms with E-state index < -0.39 is 203 Å². The Balaban J connectivity index is 1.02. The van der Waals surface area contributed by atoms with Crippen molar-refractivity contribution in [2.24, 2.45) is 29.2 Å². The van der Waals surface area contributed by atoms with E-state index in [0.29, 0.717) is 66.2 Å². The fourth-order valence-electron chi connectivity index (χ4n) is 16.3. The molecule has 2 fully saturated rings. The Bertz CT molecular complexity index is 4990. The number of aldehydes is 1. The van der Waals surface area contributed by atoms with Crippen LogP contribution in [0.25, 0.3) is 10.9 Å². The molecule has 2 saturated heterocycles. The van der Waals surface area contributed by atoms with E-state index in [1.807, 2.05) is 32.0 Å². The van der Waals surface area contributed by atoms with Crippen LogP contribution in [0.4, 0.5) is 4.39 Å². The number of rotatable bonds is 49. The van der Waals surface area contributed by atoms with Gasteiger partial charge in [0.15, 0.2) is 0 Å². The van der Waals surface area contributed by atoms with Gasteiger partial charge in [-0.05, 0) is 139 Å². The number of phenolic OH excluding ortho intramolecular Hbond substituents is 2. The number of benzene rings is 5. The topological polar surface area (TPSA) is 514 Å². The van der Waals surface area contributed by atoms with E-state index in [4.69, 9.17) is 11.5 Å². The molecule has 1 unspecified atom stereocenters. The number of hydrogen-bond donors (Lipinski definition) is 14. The van der Waals surface area contributed by atoms with Gasteiger partial charge in [-0.15, -0.1) is 11.8 Å². The number of para-hydroxylation sites is 1. The fraction of sp³-hybridized carbons (Fsp3) is 0.495. The third kappa shape index (κ3) is 30.1. The van der Waals surface area contributed by atoms with Crippen molar-refractivity contribution in [3.05, 3.63) is 167 Å². The monoisotopic (exact) mass is 1850 g/mol. The van der Waals surface area contributed by atoms with Crippen molar-refractivity contribution in [1.29, 1.82) is 0 Å². The Morgan fingerprint density at radius 1 is 0.545 bits per heavy atom. The molecule has 14 atom stereocenters. The summed E-state index contributed by atoms with van der Waals surface area (Å²) in [6.45, 7) is 11.7. The number of nitrogens with two attached hydrogens (primary N) is 2. The van der Waals surface area contributed by atoms with Gasteiger partial charge in [0, 0.05) is 82.8 Å². The normalized spacial score (nSPS) is 16.5. The molecule has 0 bridgehead atoms. The van der Waals surface area contributed by atoms with Gasteiger partial charge < -0.3 is 104 Å². The van der Waals surface area contributed by atoms with Gasteiger partial charge in [-0.1, -0.05) is 153 Å². The molecule has 132 heavy (non-hydrogen) atoms. The first-order chi connectivity index (χ1) is 62.8. The van der Waals surface area contributed by atoms with E-state index in [1.54, 1.807) is 89.3 Å². The van der Waals surface area contributed by atoms with Crippen LogP contribution in [0.3, 0.4) is 0 Å². The van der Waals surface area contributed by atoms with E-state index in [0.717, 1.165) is 39.7 Å². The second kappa shape index (κ2) is 50.6. The number of carbonyl (C=O) groups is 16. The maximum atomic E-state index is 15.6. The number of aromatic hydroxyl groups is 2. The molecule has 16 N–H and O–H groups in total. The van der Waals surface area contributed by atoms with Gasteiger partial charge >= 0.3 is 5.97 Å². The first-order valence-electron chi connectivity index (χ1n) is 44.8. The molecule has 0 saturated carbocycles. The van der Waals surface area contributed by atoms with Crippen LogP contribution in [0.15, 0.2) is 134 Å². The molecule has 2 aliphatic heterocycles. The maximum Gasteiger partial charge on any atom is 0.305 e. The van der Waals surface area contributed by atoms with Crippen molar-refractivity contribution in [3.63, 3.8) is 0 Å². The molecule has 2 aliphatic rings. The first-order valence-corrected chi connectivity index (χ1v) is 45.9. The number of aromatic nitrogens is 1. The quantitative estimate of drug-likeness (QED) is 0.0242. The standard InChI is InChI=1S/C95H127FN16O19S/c1-11-13-26-77(94(130)112-42-21-28-76(112)90(126)105-72(49-82(118)119)88(124)107-83(56(5)6)95(131)110(10)79(52-113)55(3)4)108(8)93(129)78(47-58-22-15-14-16-23-58)109(9)92(128)73(46-60-29-35-63(96)36-30-60)101-81(117)54-132-53-74(84(120)100-51-80(98)116)106-85(121)69(43-57(7)12-2)102-86(122)70(45-61-33-39-65(115)40-34-61)103-87(123)71(48-62-50-99-68-25-18-17-24-66(62)68)104-89(125)75-27-19-20-41-111(75)91(127)67(97)44-59-31-37-64(114)38-32-59/h14-18,22-25,29-40,50,52,55-57,67,69-79,83,99,114-115H,11-13,19-21,26-28,41-49,51,53-54,97H2,1-10H3,(H2,98,116)(H,100,120)(H,101,117)(H,102,122)(H,103,123)(H,104,125)(H,105,126)(H,106,121)(H,107,124)(H,118,119)/t57?,67-,69-,70-,71-,72-,73-,74-,75+,76+,77-,78-,79+,83-/m0/s1. The van der Waals surface area contributed by atoms with Crippen LogP contribution < -0.4 is 54.0 Å². The summed E-state index contributed by atoms with van der Waals surface area (Å²) in [5.41, 5.74) is 15.4. The SMILES string of the molecule is CCCC[C@@H](C(=O)N1CCC[C@@H]1C(=O)N[C@@H](CC(=O)O)C(=O)N[C@H](C(=O)N(C)[C@H](C=O)C(C)C)C(C)C)N(C)C(=O)[C@H](Cc1ccccc1)N(C)C(=O)[C@H](Cc1ccc(F)cc1)NC(=O)CSC[C@H](NC(=O)[C@H](CC(C)CC)NC(=O)[C@H](Cc1ccc(O)cc1)NC(=O)[C@H](Cc1c[nH]c2ccccc12)NC(=O)[C@H]1CCCCN1C(=O)[C@@H](N)Cc1ccc(O)cc1)C(=O)NCC(N)=O. The van der Waals surface area contributed by atoms with Crippen LogP contribution >= 0.6 is 11.8 Å². The second-order valence-electron chi connectivity index (χ2n) is 34.8. The van der Waals surface area contributed by atoms with Crippen molar-refractivity contribution in [1.82, 2.24) is 72.0 Å². The number of fused-ring (bicyclic) bond motifs is 1. The molecule has 1 aromatic heterocycles. The average molecular weight is 1850 g/mol. The number of primary amides is 1. The lowest BCUT2D eigenvalue weighted by Gasteiger charge is -2.38. The maximum absolute atomic E-state index is 15.6. The summed E-state index contributed by atoms with van der Waals surface area (Å²) >= 11 is 0.797. The molecule has 0 spiro atoms.